The Morgan fingerprint density at radius 3 is 2.53 bits per heavy atom. The first-order valence-corrected chi connectivity index (χ1v) is 5.82. The van der Waals surface area contributed by atoms with Gasteiger partial charge in [0.05, 0.1) is 17.5 Å². The molecule has 5 nitrogen and oxygen atoms in total. The van der Waals surface area contributed by atoms with Gasteiger partial charge in [0.25, 0.3) is 5.91 Å². The lowest BCUT2D eigenvalue weighted by molar-refractivity contribution is 0.0953. The van der Waals surface area contributed by atoms with E-state index in [9.17, 15) is 4.79 Å². The van der Waals surface area contributed by atoms with E-state index in [2.05, 4.69) is 10.5 Å². The fraction of sp³-hybridized carbons (Fsp3) is 0.143. The summed E-state index contributed by atoms with van der Waals surface area (Å²) in [7, 11) is 0. The van der Waals surface area contributed by atoms with E-state index < -0.39 is 0 Å². The smallest absolute Gasteiger partial charge is 0.274 e. The fourth-order valence-corrected chi connectivity index (χ4v) is 1.60. The second-order valence-corrected chi connectivity index (χ2v) is 4.15. The standard InChI is InChI=1S/C14H15N3O2/c1-9(11-3-5-12(15)6-4-11)16-17-14(18)13-7-8-19-10(13)2/h3-8H,15H2,1-2H3,(H,17,18)/b16-9+. The molecule has 2 aromatic rings. The SMILES string of the molecule is C/C(=N\NC(=O)c1ccoc1C)c1ccc(N)cc1. The van der Waals surface area contributed by atoms with Crippen molar-refractivity contribution in [2.45, 2.75) is 13.8 Å². The number of hydrogen-bond donors (Lipinski definition) is 2. The number of carbonyl (C=O) groups is 1. The van der Waals surface area contributed by atoms with Crippen molar-refractivity contribution in [3.05, 3.63) is 53.5 Å². The van der Waals surface area contributed by atoms with Gasteiger partial charge in [0.1, 0.15) is 5.76 Å². The van der Waals surface area contributed by atoms with Crippen molar-refractivity contribution in [1.82, 2.24) is 5.43 Å². The molecule has 0 aliphatic carbocycles. The Kier molecular flexibility index (Phi) is 3.66. The predicted molar refractivity (Wildman–Crippen MR) is 74.0 cm³/mol. The van der Waals surface area contributed by atoms with E-state index in [0.29, 0.717) is 22.7 Å². The first-order chi connectivity index (χ1) is 9.08. The molecule has 0 radical (unpaired) electrons. The maximum atomic E-state index is 11.8. The zero-order valence-corrected chi connectivity index (χ0v) is 10.8. The molecule has 1 aromatic carbocycles. The summed E-state index contributed by atoms with van der Waals surface area (Å²) >= 11 is 0. The van der Waals surface area contributed by atoms with E-state index in [1.165, 1.54) is 6.26 Å². The molecule has 0 saturated carbocycles. The summed E-state index contributed by atoms with van der Waals surface area (Å²) in [5.74, 6) is 0.277. The fourth-order valence-electron chi connectivity index (χ4n) is 1.60. The van der Waals surface area contributed by atoms with Crippen LogP contribution in [0.5, 0.6) is 0 Å². The van der Waals surface area contributed by atoms with Gasteiger partial charge in [-0.1, -0.05) is 12.1 Å². The quantitative estimate of drug-likeness (QED) is 0.503. The molecule has 19 heavy (non-hydrogen) atoms. The molecule has 0 aliphatic heterocycles. The van der Waals surface area contributed by atoms with Crippen LogP contribution in [0.25, 0.3) is 0 Å². The highest BCUT2D eigenvalue weighted by molar-refractivity contribution is 6.01. The number of rotatable bonds is 3. The number of furan rings is 1. The van der Waals surface area contributed by atoms with Crippen molar-refractivity contribution in [3.8, 4) is 0 Å². The molecule has 0 spiro atoms. The number of nitrogen functional groups attached to an aromatic ring is 1. The topological polar surface area (TPSA) is 80.6 Å². The van der Waals surface area contributed by atoms with Gasteiger partial charge >= 0.3 is 0 Å². The Morgan fingerprint density at radius 2 is 1.95 bits per heavy atom. The van der Waals surface area contributed by atoms with Gasteiger partial charge in [-0.2, -0.15) is 5.10 Å². The van der Waals surface area contributed by atoms with Crippen molar-refractivity contribution < 1.29 is 9.21 Å². The highest BCUT2D eigenvalue weighted by Gasteiger charge is 2.10. The summed E-state index contributed by atoms with van der Waals surface area (Å²) in [4.78, 5) is 11.8. The maximum absolute atomic E-state index is 11.8. The highest BCUT2D eigenvalue weighted by Crippen LogP contribution is 2.09. The Morgan fingerprint density at radius 1 is 1.26 bits per heavy atom. The van der Waals surface area contributed by atoms with E-state index in [-0.39, 0.29) is 5.91 Å². The number of hydrogen-bond acceptors (Lipinski definition) is 4. The minimum absolute atomic E-state index is 0.291. The molecule has 0 aliphatic rings. The number of carbonyl (C=O) groups excluding carboxylic acids is 1. The van der Waals surface area contributed by atoms with Gasteiger partial charge in [0, 0.05) is 5.69 Å². The molecular weight excluding hydrogens is 242 g/mol. The lowest BCUT2D eigenvalue weighted by Gasteiger charge is -2.02. The second kappa shape index (κ2) is 5.39. The van der Waals surface area contributed by atoms with Crippen LogP contribution in [0.2, 0.25) is 0 Å². The van der Waals surface area contributed by atoms with Crippen molar-refractivity contribution in [2.75, 3.05) is 5.73 Å². The molecule has 0 bridgehead atoms. The van der Waals surface area contributed by atoms with E-state index in [1.807, 2.05) is 19.1 Å². The van der Waals surface area contributed by atoms with Crippen molar-refractivity contribution in [1.29, 1.82) is 0 Å². The summed E-state index contributed by atoms with van der Waals surface area (Å²) in [6.07, 6.45) is 1.47. The van der Waals surface area contributed by atoms with E-state index in [0.717, 1.165) is 5.56 Å². The average molecular weight is 257 g/mol. The molecule has 0 fully saturated rings. The van der Waals surface area contributed by atoms with Gasteiger partial charge in [-0.3, -0.25) is 4.79 Å². The molecular formula is C14H15N3O2. The lowest BCUT2D eigenvalue weighted by atomic mass is 10.1. The van der Waals surface area contributed by atoms with Crippen LogP contribution in [-0.4, -0.2) is 11.6 Å². The van der Waals surface area contributed by atoms with Gasteiger partial charge in [0.2, 0.25) is 0 Å². The number of amides is 1. The third kappa shape index (κ3) is 3.01. The summed E-state index contributed by atoms with van der Waals surface area (Å²) in [6, 6.07) is 8.89. The minimum atomic E-state index is -0.291. The Balaban J connectivity index is 2.08. The molecule has 1 aromatic heterocycles. The molecule has 2 rings (SSSR count). The first-order valence-electron chi connectivity index (χ1n) is 5.82. The van der Waals surface area contributed by atoms with Crippen LogP contribution < -0.4 is 11.2 Å². The van der Waals surface area contributed by atoms with Gasteiger partial charge in [0.15, 0.2) is 0 Å². The van der Waals surface area contributed by atoms with Gasteiger partial charge in [-0.25, -0.2) is 5.43 Å². The summed E-state index contributed by atoms with van der Waals surface area (Å²) in [5, 5.41) is 4.06. The largest absolute Gasteiger partial charge is 0.469 e. The van der Waals surface area contributed by atoms with Crippen molar-refractivity contribution >= 4 is 17.3 Å². The lowest BCUT2D eigenvalue weighted by Crippen LogP contribution is -2.19. The molecule has 98 valence electrons. The number of nitrogens with two attached hydrogens (primary N) is 1. The van der Waals surface area contributed by atoms with Crippen LogP contribution in [0.4, 0.5) is 5.69 Å². The van der Waals surface area contributed by atoms with E-state index in [1.54, 1.807) is 25.1 Å². The normalized spacial score (nSPS) is 11.4. The van der Waals surface area contributed by atoms with Gasteiger partial charge in [-0.05, 0) is 37.6 Å². The number of nitrogens with one attached hydrogen (secondary N) is 1. The number of aryl methyl sites for hydroxylation is 1. The number of hydrazone groups is 1. The Bertz CT molecular complexity index is 612. The number of nitrogens with zero attached hydrogens (tertiary/aromatic N) is 1. The molecule has 1 heterocycles. The van der Waals surface area contributed by atoms with Crippen LogP contribution in [0.1, 0.15) is 28.6 Å². The first kappa shape index (κ1) is 12.9. The maximum Gasteiger partial charge on any atom is 0.274 e. The summed E-state index contributed by atoms with van der Waals surface area (Å²) in [5.41, 5.74) is 10.9. The molecule has 0 unspecified atom stereocenters. The predicted octanol–water partition coefficient (Wildman–Crippen LogP) is 2.32. The van der Waals surface area contributed by atoms with E-state index >= 15 is 0 Å². The average Bonchev–Trinajstić information content (AvgIpc) is 2.83. The van der Waals surface area contributed by atoms with Crippen molar-refractivity contribution in [3.63, 3.8) is 0 Å². The van der Waals surface area contributed by atoms with Gasteiger partial charge in [-0.15, -0.1) is 0 Å². The molecule has 1 amide bonds. The Hall–Kier alpha value is -2.56. The molecule has 5 heteroatoms. The van der Waals surface area contributed by atoms with Crippen molar-refractivity contribution in [2.24, 2.45) is 5.10 Å². The minimum Gasteiger partial charge on any atom is -0.469 e. The second-order valence-electron chi connectivity index (χ2n) is 4.15. The third-order valence-corrected chi connectivity index (χ3v) is 2.76. The van der Waals surface area contributed by atoms with Crippen LogP contribution in [0.3, 0.4) is 0 Å². The molecule has 0 atom stereocenters. The third-order valence-electron chi connectivity index (χ3n) is 2.76. The highest BCUT2D eigenvalue weighted by atomic mass is 16.3. The summed E-state index contributed by atoms with van der Waals surface area (Å²) in [6.45, 7) is 3.54. The Labute approximate surface area is 111 Å². The molecule has 0 saturated heterocycles. The monoisotopic (exact) mass is 257 g/mol. The number of benzene rings is 1. The zero-order valence-electron chi connectivity index (χ0n) is 10.8. The zero-order chi connectivity index (χ0) is 13.8. The van der Waals surface area contributed by atoms with Crippen LogP contribution in [-0.2, 0) is 0 Å². The van der Waals surface area contributed by atoms with Crippen LogP contribution in [0, 0.1) is 6.92 Å². The van der Waals surface area contributed by atoms with Crippen LogP contribution >= 0.6 is 0 Å². The van der Waals surface area contributed by atoms with E-state index in [4.69, 9.17) is 10.2 Å². The number of anilines is 1. The van der Waals surface area contributed by atoms with Crippen LogP contribution in [0.15, 0.2) is 46.1 Å². The van der Waals surface area contributed by atoms with Gasteiger partial charge < -0.3 is 10.2 Å². The summed E-state index contributed by atoms with van der Waals surface area (Å²) < 4.78 is 5.07. The molecule has 3 N–H and O–H groups in total.